The number of benzene rings is 2. The molecule has 0 aliphatic rings. The maximum atomic E-state index is 2.25. The van der Waals surface area contributed by atoms with Gasteiger partial charge in [0.15, 0.2) is 0 Å². The molecule has 0 atom stereocenters. The van der Waals surface area contributed by atoms with Crippen molar-refractivity contribution >= 4 is 20.8 Å². The van der Waals surface area contributed by atoms with E-state index in [1.54, 1.807) is 0 Å². The van der Waals surface area contributed by atoms with Crippen molar-refractivity contribution in [3.8, 4) is 0 Å². The monoisotopic (exact) mass is 236 g/mol. The van der Waals surface area contributed by atoms with Crippen molar-refractivity contribution in [3.05, 3.63) is 71.4 Å². The molecule has 0 saturated carbocycles. The fourth-order valence-corrected chi connectivity index (χ4v) is 2.49. The van der Waals surface area contributed by atoms with Crippen LogP contribution in [0, 0.1) is 0 Å². The molecule has 0 nitrogen and oxygen atoms in total. The van der Waals surface area contributed by atoms with Crippen molar-refractivity contribution < 1.29 is 0 Å². The van der Waals surface area contributed by atoms with Gasteiger partial charge in [-0.25, -0.2) is 0 Å². The highest BCUT2D eigenvalue weighted by Crippen LogP contribution is 2.06. The quantitative estimate of drug-likeness (QED) is 0.715. The maximum Gasteiger partial charge on any atom is 0.111 e. The molecule has 0 aliphatic carbocycles. The standard InChI is InChI=1S/C16H16Si/c1-2-14-8-10-15(11-9-14)12-13-17-16-6-4-3-5-7-16/h3-13H,2H2,1H3/b13-12+. The van der Waals surface area contributed by atoms with Crippen LogP contribution in [-0.2, 0) is 6.42 Å². The van der Waals surface area contributed by atoms with E-state index < -0.39 is 0 Å². The number of hydrogen-bond donors (Lipinski definition) is 0. The second-order valence-electron chi connectivity index (χ2n) is 3.94. The van der Waals surface area contributed by atoms with Gasteiger partial charge >= 0.3 is 0 Å². The SMILES string of the molecule is CCc1ccc(/C=C/[Si]c2ccccc2)cc1. The van der Waals surface area contributed by atoms with E-state index in [0.717, 1.165) is 15.9 Å². The van der Waals surface area contributed by atoms with E-state index in [1.807, 2.05) is 0 Å². The third-order valence-corrected chi connectivity index (χ3v) is 3.69. The maximum absolute atomic E-state index is 2.25. The highest BCUT2D eigenvalue weighted by atomic mass is 28.2. The Morgan fingerprint density at radius 2 is 1.65 bits per heavy atom. The van der Waals surface area contributed by atoms with Gasteiger partial charge in [0.1, 0.15) is 9.52 Å². The molecular formula is C16H16Si. The smallest absolute Gasteiger partial charge is 0.0927 e. The summed E-state index contributed by atoms with van der Waals surface area (Å²) in [4.78, 5) is 0. The van der Waals surface area contributed by atoms with Crippen LogP contribution in [0.1, 0.15) is 18.1 Å². The summed E-state index contributed by atoms with van der Waals surface area (Å²) in [5, 5.41) is 1.38. The van der Waals surface area contributed by atoms with Gasteiger partial charge in [-0.2, -0.15) is 0 Å². The van der Waals surface area contributed by atoms with E-state index in [2.05, 4.69) is 73.3 Å². The Morgan fingerprint density at radius 3 is 2.29 bits per heavy atom. The molecule has 0 amide bonds. The summed E-state index contributed by atoms with van der Waals surface area (Å²) in [6.07, 6.45) is 3.31. The van der Waals surface area contributed by atoms with Crippen molar-refractivity contribution in [3.63, 3.8) is 0 Å². The molecule has 2 aromatic rings. The minimum absolute atomic E-state index is 0.747. The summed E-state index contributed by atoms with van der Waals surface area (Å²) in [6, 6.07) is 19.3. The van der Waals surface area contributed by atoms with Crippen molar-refractivity contribution in [1.82, 2.24) is 0 Å². The molecule has 0 fully saturated rings. The van der Waals surface area contributed by atoms with Gasteiger partial charge in [0.25, 0.3) is 0 Å². The van der Waals surface area contributed by atoms with Gasteiger partial charge in [-0.3, -0.25) is 0 Å². The molecule has 0 heterocycles. The van der Waals surface area contributed by atoms with Crippen molar-refractivity contribution in [2.75, 3.05) is 0 Å². The Labute approximate surface area is 106 Å². The van der Waals surface area contributed by atoms with Crippen LogP contribution in [-0.4, -0.2) is 9.52 Å². The second kappa shape index (κ2) is 6.21. The minimum Gasteiger partial charge on any atom is -0.0927 e. The van der Waals surface area contributed by atoms with Gasteiger partial charge in [-0.1, -0.05) is 78.5 Å². The Morgan fingerprint density at radius 1 is 0.941 bits per heavy atom. The van der Waals surface area contributed by atoms with Gasteiger partial charge in [-0.15, -0.1) is 0 Å². The van der Waals surface area contributed by atoms with E-state index in [-0.39, 0.29) is 0 Å². The molecule has 2 aromatic carbocycles. The molecule has 0 spiro atoms. The molecular weight excluding hydrogens is 220 g/mol. The summed E-state index contributed by atoms with van der Waals surface area (Å²) < 4.78 is 0. The second-order valence-corrected chi connectivity index (χ2v) is 5.14. The lowest BCUT2D eigenvalue weighted by atomic mass is 10.1. The van der Waals surface area contributed by atoms with Gasteiger partial charge < -0.3 is 0 Å². The van der Waals surface area contributed by atoms with Crippen LogP contribution in [0.3, 0.4) is 0 Å². The predicted octanol–water partition coefficient (Wildman–Crippen LogP) is 3.25. The third-order valence-electron chi connectivity index (χ3n) is 2.69. The molecule has 17 heavy (non-hydrogen) atoms. The van der Waals surface area contributed by atoms with Crippen LogP contribution in [0.5, 0.6) is 0 Å². The van der Waals surface area contributed by atoms with E-state index in [1.165, 1.54) is 16.3 Å². The molecule has 1 heteroatoms. The molecule has 84 valence electrons. The molecule has 0 N–H and O–H groups in total. The van der Waals surface area contributed by atoms with Crippen LogP contribution in [0.15, 0.2) is 60.3 Å². The van der Waals surface area contributed by atoms with Gasteiger partial charge in [0.05, 0.1) is 0 Å². The first-order valence-electron chi connectivity index (χ1n) is 5.95. The van der Waals surface area contributed by atoms with Crippen molar-refractivity contribution in [2.24, 2.45) is 0 Å². The first-order chi connectivity index (χ1) is 8.38. The van der Waals surface area contributed by atoms with E-state index in [0.29, 0.717) is 0 Å². The molecule has 0 saturated heterocycles. The molecule has 2 radical (unpaired) electrons. The zero-order chi connectivity index (χ0) is 11.9. The lowest BCUT2D eigenvalue weighted by Crippen LogP contribution is -2.09. The Hall–Kier alpha value is -1.60. The van der Waals surface area contributed by atoms with Crippen LogP contribution >= 0.6 is 0 Å². The highest BCUT2D eigenvalue weighted by molar-refractivity contribution is 6.59. The molecule has 2 rings (SSSR count). The molecule has 0 aliphatic heterocycles. The summed E-state index contributed by atoms with van der Waals surface area (Å²) in [5.41, 5.74) is 4.93. The highest BCUT2D eigenvalue weighted by Gasteiger charge is 1.90. The topological polar surface area (TPSA) is 0 Å². The molecule has 0 bridgehead atoms. The fraction of sp³-hybridized carbons (Fsp3) is 0.125. The predicted molar refractivity (Wildman–Crippen MR) is 76.7 cm³/mol. The minimum atomic E-state index is 0.747. The zero-order valence-electron chi connectivity index (χ0n) is 10.1. The summed E-state index contributed by atoms with van der Waals surface area (Å²) >= 11 is 0. The zero-order valence-corrected chi connectivity index (χ0v) is 11.1. The van der Waals surface area contributed by atoms with Crippen molar-refractivity contribution in [2.45, 2.75) is 13.3 Å². The van der Waals surface area contributed by atoms with E-state index >= 15 is 0 Å². The van der Waals surface area contributed by atoms with Crippen LogP contribution in [0.25, 0.3) is 6.08 Å². The molecule has 0 aromatic heterocycles. The lowest BCUT2D eigenvalue weighted by Gasteiger charge is -1.97. The van der Waals surface area contributed by atoms with Crippen LogP contribution in [0.2, 0.25) is 0 Å². The van der Waals surface area contributed by atoms with E-state index in [4.69, 9.17) is 0 Å². The summed E-state index contributed by atoms with van der Waals surface area (Å²) in [5.74, 6) is 0. The van der Waals surface area contributed by atoms with Crippen molar-refractivity contribution in [1.29, 1.82) is 0 Å². The normalized spacial score (nSPS) is 10.9. The lowest BCUT2D eigenvalue weighted by molar-refractivity contribution is 1.14. The average Bonchev–Trinajstić information content (AvgIpc) is 2.41. The third kappa shape index (κ3) is 3.72. The van der Waals surface area contributed by atoms with Crippen LogP contribution in [0.4, 0.5) is 0 Å². The first kappa shape index (κ1) is 11.9. The Balaban J connectivity index is 1.96. The number of rotatable bonds is 4. The summed E-state index contributed by atoms with van der Waals surface area (Å²) in [7, 11) is 0.747. The Kier molecular flexibility index (Phi) is 4.34. The summed E-state index contributed by atoms with van der Waals surface area (Å²) in [6.45, 7) is 2.18. The van der Waals surface area contributed by atoms with Gasteiger partial charge in [0, 0.05) is 0 Å². The number of aryl methyl sites for hydroxylation is 1. The first-order valence-corrected chi connectivity index (χ1v) is 7.03. The fourth-order valence-electron chi connectivity index (χ4n) is 1.63. The van der Waals surface area contributed by atoms with Gasteiger partial charge in [-0.05, 0) is 17.5 Å². The largest absolute Gasteiger partial charge is 0.111 e. The average molecular weight is 236 g/mol. The van der Waals surface area contributed by atoms with Crippen LogP contribution < -0.4 is 5.19 Å². The van der Waals surface area contributed by atoms with E-state index in [9.17, 15) is 0 Å². The Bertz CT molecular complexity index is 469. The molecule has 0 unspecified atom stereocenters. The number of hydrogen-bond acceptors (Lipinski definition) is 0. The van der Waals surface area contributed by atoms with Gasteiger partial charge in [0.2, 0.25) is 0 Å².